The minimum Gasteiger partial charge on any atom is -0.344 e. The van der Waals surface area contributed by atoms with Crippen molar-refractivity contribution >= 4 is 15.9 Å². The number of imidazole rings is 1. The number of hydrogen-bond donors (Lipinski definition) is 2. The lowest BCUT2D eigenvalue weighted by Gasteiger charge is -1.90. The number of rotatable bonds is 2. The van der Waals surface area contributed by atoms with Gasteiger partial charge in [0.1, 0.15) is 10.4 Å². The van der Waals surface area contributed by atoms with Crippen molar-refractivity contribution in [2.24, 2.45) is 0 Å². The molecule has 0 unspecified atom stereocenters. The molecule has 56 valence electrons. The molecule has 0 aliphatic carbocycles. The van der Waals surface area contributed by atoms with Crippen LogP contribution < -0.4 is 5.32 Å². The highest BCUT2D eigenvalue weighted by atomic mass is 79.9. The molecule has 0 saturated carbocycles. The van der Waals surface area contributed by atoms with Gasteiger partial charge >= 0.3 is 0 Å². The Kier molecular flexibility index (Phi) is 2.45. The van der Waals surface area contributed by atoms with Gasteiger partial charge in [-0.25, -0.2) is 4.98 Å². The summed E-state index contributed by atoms with van der Waals surface area (Å²) in [7, 11) is 1.89. The van der Waals surface area contributed by atoms with Crippen LogP contribution in [-0.2, 0) is 6.54 Å². The van der Waals surface area contributed by atoms with Gasteiger partial charge in [0.05, 0.1) is 6.54 Å². The third-order valence-corrected chi connectivity index (χ3v) is 1.99. The molecular weight excluding hydrogens is 194 g/mol. The van der Waals surface area contributed by atoms with Crippen molar-refractivity contribution in [3.8, 4) is 0 Å². The molecule has 2 N–H and O–H groups in total. The molecule has 0 aliphatic heterocycles. The lowest BCUT2D eigenvalue weighted by molar-refractivity contribution is 0.769. The molecule has 0 aliphatic rings. The summed E-state index contributed by atoms with van der Waals surface area (Å²) >= 11 is 3.32. The van der Waals surface area contributed by atoms with Gasteiger partial charge in [-0.1, -0.05) is 0 Å². The van der Waals surface area contributed by atoms with Crippen LogP contribution in [-0.4, -0.2) is 17.0 Å². The van der Waals surface area contributed by atoms with E-state index in [-0.39, 0.29) is 0 Å². The van der Waals surface area contributed by atoms with Crippen LogP contribution in [0.25, 0.3) is 0 Å². The fourth-order valence-corrected chi connectivity index (χ4v) is 1.06. The van der Waals surface area contributed by atoms with Crippen LogP contribution in [0.4, 0.5) is 0 Å². The molecule has 10 heavy (non-hydrogen) atoms. The summed E-state index contributed by atoms with van der Waals surface area (Å²) in [5.74, 6) is 0.965. The van der Waals surface area contributed by atoms with Gasteiger partial charge in [-0.2, -0.15) is 0 Å². The molecule has 0 amide bonds. The summed E-state index contributed by atoms with van der Waals surface area (Å²) in [6.45, 7) is 2.77. The quantitative estimate of drug-likeness (QED) is 0.759. The number of nitrogens with zero attached hydrogens (tertiary/aromatic N) is 1. The highest BCUT2D eigenvalue weighted by Crippen LogP contribution is 2.11. The van der Waals surface area contributed by atoms with E-state index in [9.17, 15) is 0 Å². The van der Waals surface area contributed by atoms with E-state index in [1.54, 1.807) is 0 Å². The van der Waals surface area contributed by atoms with Crippen LogP contribution in [0.3, 0.4) is 0 Å². The Bertz CT molecular complexity index is 199. The number of aromatic amines is 1. The maximum absolute atomic E-state index is 4.20. The molecule has 0 radical (unpaired) electrons. The zero-order valence-electron chi connectivity index (χ0n) is 6.03. The van der Waals surface area contributed by atoms with Crippen LogP contribution in [0.5, 0.6) is 0 Å². The number of hydrogen-bond acceptors (Lipinski definition) is 2. The minimum atomic E-state index is 0.784. The van der Waals surface area contributed by atoms with Gasteiger partial charge in [-0.3, -0.25) is 0 Å². The van der Waals surface area contributed by atoms with E-state index >= 15 is 0 Å². The van der Waals surface area contributed by atoms with Gasteiger partial charge in [0.2, 0.25) is 0 Å². The molecule has 1 aromatic heterocycles. The Morgan fingerprint density at radius 1 is 1.70 bits per heavy atom. The molecule has 3 nitrogen and oxygen atoms in total. The Morgan fingerprint density at radius 2 is 2.40 bits per heavy atom. The van der Waals surface area contributed by atoms with Crippen molar-refractivity contribution in [2.75, 3.05) is 7.05 Å². The Morgan fingerprint density at radius 3 is 2.80 bits per heavy atom. The van der Waals surface area contributed by atoms with E-state index in [4.69, 9.17) is 0 Å². The molecule has 0 atom stereocenters. The fraction of sp³-hybridized carbons (Fsp3) is 0.500. The fourth-order valence-electron chi connectivity index (χ4n) is 0.749. The van der Waals surface area contributed by atoms with E-state index < -0.39 is 0 Å². The number of halogens is 1. The molecule has 0 aromatic carbocycles. The van der Waals surface area contributed by atoms with Crippen molar-refractivity contribution in [3.63, 3.8) is 0 Å². The van der Waals surface area contributed by atoms with Crippen molar-refractivity contribution in [2.45, 2.75) is 13.5 Å². The summed E-state index contributed by atoms with van der Waals surface area (Å²) in [6, 6.07) is 0. The molecule has 1 aromatic rings. The summed E-state index contributed by atoms with van der Waals surface area (Å²) < 4.78 is 0.901. The van der Waals surface area contributed by atoms with Gasteiger partial charge in [0.15, 0.2) is 0 Å². The first-order valence-electron chi connectivity index (χ1n) is 3.09. The third kappa shape index (κ3) is 1.58. The Hall–Kier alpha value is -0.350. The Balaban J connectivity index is 2.77. The van der Waals surface area contributed by atoms with Gasteiger partial charge < -0.3 is 10.3 Å². The highest BCUT2D eigenvalue weighted by Gasteiger charge is 2.00. The van der Waals surface area contributed by atoms with Gasteiger partial charge in [-0.15, -0.1) is 0 Å². The molecule has 1 heterocycles. The molecule has 0 saturated heterocycles. The van der Waals surface area contributed by atoms with Gasteiger partial charge in [-0.05, 0) is 29.9 Å². The SMILES string of the molecule is CNCc1nc(Br)c(C)[nH]1. The maximum atomic E-state index is 4.20. The zero-order chi connectivity index (χ0) is 7.56. The van der Waals surface area contributed by atoms with Crippen LogP contribution in [0.2, 0.25) is 0 Å². The molecule has 0 bridgehead atoms. The standard InChI is InChI=1S/C6H10BrN3/c1-4-6(7)10-5(9-4)3-8-2/h8H,3H2,1-2H3,(H,9,10). The largest absolute Gasteiger partial charge is 0.344 e. The third-order valence-electron chi connectivity index (χ3n) is 1.22. The van der Waals surface area contributed by atoms with E-state index in [1.165, 1.54) is 0 Å². The van der Waals surface area contributed by atoms with Crippen molar-refractivity contribution in [1.29, 1.82) is 0 Å². The lowest BCUT2D eigenvalue weighted by Crippen LogP contribution is -2.06. The smallest absolute Gasteiger partial charge is 0.127 e. The van der Waals surface area contributed by atoms with E-state index in [0.29, 0.717) is 0 Å². The van der Waals surface area contributed by atoms with Crippen LogP contribution in [0.1, 0.15) is 11.5 Å². The van der Waals surface area contributed by atoms with Crippen molar-refractivity contribution < 1.29 is 0 Å². The van der Waals surface area contributed by atoms with Crippen LogP contribution in [0.15, 0.2) is 4.60 Å². The average Bonchev–Trinajstić information content (AvgIpc) is 2.14. The number of H-pyrrole nitrogens is 1. The monoisotopic (exact) mass is 203 g/mol. The summed E-state index contributed by atoms with van der Waals surface area (Å²) in [5.41, 5.74) is 1.07. The molecule has 0 spiro atoms. The second-order valence-corrected chi connectivity index (χ2v) is 2.88. The first-order chi connectivity index (χ1) is 4.74. The topological polar surface area (TPSA) is 40.7 Å². The summed E-state index contributed by atoms with van der Waals surface area (Å²) in [5, 5.41) is 3.01. The van der Waals surface area contributed by atoms with Crippen LogP contribution >= 0.6 is 15.9 Å². The van der Waals surface area contributed by atoms with Gasteiger partial charge in [0.25, 0.3) is 0 Å². The van der Waals surface area contributed by atoms with Gasteiger partial charge in [0, 0.05) is 5.69 Å². The van der Waals surface area contributed by atoms with E-state index in [1.807, 2.05) is 14.0 Å². The summed E-state index contributed by atoms with van der Waals surface area (Å²) in [4.78, 5) is 7.32. The predicted octanol–water partition coefficient (Wildman–Crippen LogP) is 1.20. The second-order valence-electron chi connectivity index (χ2n) is 2.13. The molecule has 4 heteroatoms. The average molecular weight is 204 g/mol. The second kappa shape index (κ2) is 3.16. The molecular formula is C6H10BrN3. The van der Waals surface area contributed by atoms with E-state index in [0.717, 1.165) is 22.7 Å². The van der Waals surface area contributed by atoms with E-state index in [2.05, 4.69) is 31.2 Å². The first kappa shape index (κ1) is 7.75. The summed E-state index contributed by atoms with van der Waals surface area (Å²) in [6.07, 6.45) is 0. The number of nitrogens with one attached hydrogen (secondary N) is 2. The zero-order valence-corrected chi connectivity index (χ0v) is 7.62. The van der Waals surface area contributed by atoms with Crippen LogP contribution in [0, 0.1) is 6.92 Å². The maximum Gasteiger partial charge on any atom is 0.127 e. The Labute approximate surface area is 68.4 Å². The predicted molar refractivity (Wildman–Crippen MR) is 43.8 cm³/mol. The first-order valence-corrected chi connectivity index (χ1v) is 3.89. The lowest BCUT2D eigenvalue weighted by atomic mass is 10.6. The highest BCUT2D eigenvalue weighted by molar-refractivity contribution is 9.10. The number of aromatic nitrogens is 2. The molecule has 0 fully saturated rings. The van der Waals surface area contributed by atoms with Crippen molar-refractivity contribution in [3.05, 3.63) is 16.1 Å². The number of aryl methyl sites for hydroxylation is 1. The van der Waals surface area contributed by atoms with Crippen molar-refractivity contribution in [1.82, 2.24) is 15.3 Å². The normalized spacial score (nSPS) is 10.3. The minimum absolute atomic E-state index is 0.784. The molecule has 1 rings (SSSR count).